The van der Waals surface area contributed by atoms with Gasteiger partial charge in [0.25, 0.3) is 11.6 Å². The van der Waals surface area contributed by atoms with Crippen LogP contribution >= 0.6 is 11.6 Å². The number of nitrogens with zero attached hydrogens (tertiary/aromatic N) is 3. The molecule has 1 aromatic carbocycles. The number of aromatic amines is 1. The molecule has 0 radical (unpaired) electrons. The van der Waals surface area contributed by atoms with Crippen molar-refractivity contribution in [1.29, 1.82) is 0 Å². The Hall–Kier alpha value is -2.76. The summed E-state index contributed by atoms with van der Waals surface area (Å²) in [4.78, 5) is 37.7. The first-order valence-electron chi connectivity index (χ1n) is 8.13. The van der Waals surface area contributed by atoms with Gasteiger partial charge in [-0.25, -0.2) is 8.42 Å². The van der Waals surface area contributed by atoms with Crippen molar-refractivity contribution >= 4 is 33.2 Å². The molecule has 0 aliphatic carbocycles. The second-order valence-corrected chi connectivity index (χ2v) is 8.32. The van der Waals surface area contributed by atoms with Crippen LogP contribution in [0, 0.1) is 10.1 Å². The minimum Gasteiger partial charge on any atom is -0.336 e. The van der Waals surface area contributed by atoms with Crippen LogP contribution in [0.5, 0.6) is 0 Å². The van der Waals surface area contributed by atoms with Crippen LogP contribution in [0.2, 0.25) is 5.15 Å². The van der Waals surface area contributed by atoms with Crippen molar-refractivity contribution in [3.8, 4) is 0 Å². The van der Waals surface area contributed by atoms with Crippen molar-refractivity contribution in [1.82, 2.24) is 14.2 Å². The average molecular weight is 427 g/mol. The predicted molar refractivity (Wildman–Crippen MR) is 99.8 cm³/mol. The number of benzene rings is 1. The van der Waals surface area contributed by atoms with Gasteiger partial charge in [0.2, 0.25) is 15.6 Å². The molecule has 12 heteroatoms. The highest BCUT2D eigenvalue weighted by atomic mass is 35.5. The maximum Gasteiger partial charge on any atom is 0.289 e. The Morgan fingerprint density at radius 3 is 2.39 bits per heavy atom. The number of sulfonamides is 1. The van der Waals surface area contributed by atoms with Crippen LogP contribution in [-0.4, -0.2) is 59.6 Å². The third-order valence-electron chi connectivity index (χ3n) is 4.26. The summed E-state index contributed by atoms with van der Waals surface area (Å²) in [6.45, 7) is 0.0836. The maximum absolute atomic E-state index is 12.8. The number of carbonyl (C=O) groups is 1. The highest BCUT2D eigenvalue weighted by Gasteiger charge is 2.34. The topological polar surface area (TPSA) is 134 Å². The molecule has 0 bridgehead atoms. The highest BCUT2D eigenvalue weighted by molar-refractivity contribution is 7.89. The first-order chi connectivity index (χ1) is 13.2. The number of halogens is 1. The summed E-state index contributed by atoms with van der Waals surface area (Å²) < 4.78 is 26.7. The van der Waals surface area contributed by atoms with Crippen molar-refractivity contribution in [3.05, 3.63) is 67.6 Å². The summed E-state index contributed by atoms with van der Waals surface area (Å²) >= 11 is 5.76. The van der Waals surface area contributed by atoms with Crippen LogP contribution in [-0.2, 0) is 10.0 Å². The Labute approximate surface area is 164 Å². The smallest absolute Gasteiger partial charge is 0.289 e. The molecule has 1 N–H and O–H groups in total. The molecule has 1 aliphatic heterocycles. The fourth-order valence-corrected chi connectivity index (χ4v) is 4.70. The second-order valence-electron chi connectivity index (χ2n) is 6.00. The van der Waals surface area contributed by atoms with Crippen LogP contribution in [0.4, 0.5) is 5.69 Å². The van der Waals surface area contributed by atoms with Gasteiger partial charge >= 0.3 is 0 Å². The molecule has 0 spiro atoms. The number of rotatable bonds is 4. The number of amides is 1. The molecule has 2 heterocycles. The van der Waals surface area contributed by atoms with Gasteiger partial charge in [0.15, 0.2) is 4.90 Å². The molecule has 1 fully saturated rings. The van der Waals surface area contributed by atoms with Gasteiger partial charge in [-0.05, 0) is 12.1 Å². The number of pyridine rings is 1. The fraction of sp³-hybridized carbons (Fsp3) is 0.250. The molecular formula is C16H15ClN4O6S. The number of nitrogens with one attached hydrogen (secondary N) is 1. The summed E-state index contributed by atoms with van der Waals surface area (Å²) in [6.07, 6.45) is 0. The average Bonchev–Trinajstić information content (AvgIpc) is 2.66. The van der Waals surface area contributed by atoms with E-state index in [2.05, 4.69) is 4.98 Å². The van der Waals surface area contributed by atoms with Gasteiger partial charge in [-0.3, -0.25) is 19.7 Å². The highest BCUT2D eigenvalue weighted by Crippen LogP contribution is 2.27. The fourth-order valence-electron chi connectivity index (χ4n) is 2.91. The Kier molecular flexibility index (Phi) is 5.49. The molecule has 28 heavy (non-hydrogen) atoms. The first kappa shape index (κ1) is 20.0. The lowest BCUT2D eigenvalue weighted by atomic mass is 10.2. The van der Waals surface area contributed by atoms with E-state index in [9.17, 15) is 28.1 Å². The van der Waals surface area contributed by atoms with Crippen molar-refractivity contribution < 1.29 is 18.1 Å². The largest absolute Gasteiger partial charge is 0.336 e. The number of nitro groups is 1. The maximum atomic E-state index is 12.8. The normalized spacial score (nSPS) is 15.4. The molecule has 1 aliphatic rings. The van der Waals surface area contributed by atoms with Crippen molar-refractivity contribution in [2.45, 2.75) is 4.90 Å². The molecule has 2 aromatic rings. The molecule has 1 aromatic heterocycles. The SMILES string of the molecule is O=C(c1cc(Cl)[nH]c(=O)c1)N1CCN(S(=O)(=O)c2ccccc2[N+](=O)[O-])CC1. The lowest BCUT2D eigenvalue weighted by molar-refractivity contribution is -0.387. The number of hydrogen-bond donors (Lipinski definition) is 1. The molecule has 3 rings (SSSR count). The third kappa shape index (κ3) is 3.91. The molecule has 1 amide bonds. The van der Waals surface area contributed by atoms with E-state index < -0.39 is 32.1 Å². The van der Waals surface area contributed by atoms with Crippen LogP contribution in [0.25, 0.3) is 0 Å². The summed E-state index contributed by atoms with van der Waals surface area (Å²) in [5.41, 5.74) is -0.920. The lowest BCUT2D eigenvalue weighted by Gasteiger charge is -2.33. The summed E-state index contributed by atoms with van der Waals surface area (Å²) in [5, 5.41) is 11.2. The van der Waals surface area contributed by atoms with Gasteiger partial charge in [0, 0.05) is 43.9 Å². The zero-order chi connectivity index (χ0) is 20.5. The number of H-pyrrole nitrogens is 1. The standard InChI is InChI=1S/C16H15ClN4O6S/c17-14-9-11(10-15(22)18-14)16(23)19-5-7-20(8-6-19)28(26,27)13-4-2-1-3-12(13)21(24)25/h1-4,9-10H,5-8H2,(H,18,22). The summed E-state index contributed by atoms with van der Waals surface area (Å²) in [7, 11) is -4.09. The Morgan fingerprint density at radius 2 is 1.79 bits per heavy atom. The van der Waals surface area contributed by atoms with Crippen LogP contribution in [0.3, 0.4) is 0 Å². The number of nitro benzene ring substituents is 1. The van der Waals surface area contributed by atoms with E-state index in [1.54, 1.807) is 0 Å². The zero-order valence-electron chi connectivity index (χ0n) is 14.4. The van der Waals surface area contributed by atoms with E-state index in [-0.39, 0.29) is 41.8 Å². The van der Waals surface area contributed by atoms with Gasteiger partial charge in [0.05, 0.1) is 4.92 Å². The summed E-state index contributed by atoms with van der Waals surface area (Å²) in [6, 6.07) is 7.55. The lowest BCUT2D eigenvalue weighted by Crippen LogP contribution is -2.50. The molecule has 148 valence electrons. The number of carbonyl (C=O) groups excluding carboxylic acids is 1. The van der Waals surface area contributed by atoms with E-state index in [1.165, 1.54) is 29.2 Å². The van der Waals surface area contributed by atoms with Gasteiger partial charge < -0.3 is 9.88 Å². The van der Waals surface area contributed by atoms with E-state index in [0.717, 1.165) is 16.4 Å². The minimum absolute atomic E-state index is 0.0217. The van der Waals surface area contributed by atoms with Crippen LogP contribution < -0.4 is 5.56 Å². The molecule has 0 saturated carbocycles. The van der Waals surface area contributed by atoms with Crippen LogP contribution in [0.1, 0.15) is 10.4 Å². The third-order valence-corrected chi connectivity index (χ3v) is 6.41. The zero-order valence-corrected chi connectivity index (χ0v) is 15.9. The molecular weight excluding hydrogens is 412 g/mol. The first-order valence-corrected chi connectivity index (χ1v) is 9.94. The van der Waals surface area contributed by atoms with E-state index in [1.807, 2.05) is 0 Å². The van der Waals surface area contributed by atoms with Crippen molar-refractivity contribution in [2.75, 3.05) is 26.2 Å². The molecule has 1 saturated heterocycles. The van der Waals surface area contributed by atoms with E-state index in [4.69, 9.17) is 11.6 Å². The van der Waals surface area contributed by atoms with E-state index in [0.29, 0.717) is 0 Å². The van der Waals surface area contributed by atoms with Crippen molar-refractivity contribution in [3.63, 3.8) is 0 Å². The molecule has 0 unspecified atom stereocenters. The van der Waals surface area contributed by atoms with Gasteiger partial charge in [-0.15, -0.1) is 0 Å². The second kappa shape index (κ2) is 7.70. The van der Waals surface area contributed by atoms with Gasteiger partial charge in [-0.1, -0.05) is 23.7 Å². The minimum atomic E-state index is -4.09. The number of para-hydroxylation sites is 1. The predicted octanol–water partition coefficient (Wildman–Crippen LogP) is 1.08. The Morgan fingerprint density at radius 1 is 1.14 bits per heavy atom. The van der Waals surface area contributed by atoms with Crippen molar-refractivity contribution in [2.24, 2.45) is 0 Å². The quantitative estimate of drug-likeness (QED) is 0.441. The van der Waals surface area contributed by atoms with Gasteiger partial charge in [-0.2, -0.15) is 4.31 Å². The van der Waals surface area contributed by atoms with E-state index >= 15 is 0 Å². The Bertz CT molecular complexity index is 1090. The van der Waals surface area contributed by atoms with Gasteiger partial charge in [0.1, 0.15) is 5.15 Å². The number of piperazine rings is 1. The Balaban J connectivity index is 1.77. The monoisotopic (exact) mass is 426 g/mol. The number of aromatic nitrogens is 1. The molecule has 10 nitrogen and oxygen atoms in total. The number of hydrogen-bond acceptors (Lipinski definition) is 6. The molecule has 0 atom stereocenters. The summed E-state index contributed by atoms with van der Waals surface area (Å²) in [5.74, 6) is -0.448. The van der Waals surface area contributed by atoms with Crippen LogP contribution in [0.15, 0.2) is 46.1 Å².